The maximum Gasteiger partial charge on any atom is 0.107 e. The molecule has 4 heteroatoms. The van der Waals surface area contributed by atoms with E-state index in [1.54, 1.807) is 0 Å². The topological polar surface area (TPSA) is 57.4 Å². The lowest BCUT2D eigenvalue weighted by Crippen LogP contribution is -1.89. The summed E-state index contributed by atoms with van der Waals surface area (Å²) in [5.41, 5.74) is 4.49. The normalized spacial score (nSPS) is 11.6. The molecule has 0 fully saturated rings. The van der Waals surface area contributed by atoms with E-state index in [0.29, 0.717) is 0 Å². The van der Waals surface area contributed by atoms with E-state index in [4.69, 9.17) is 0 Å². The Hall–Kier alpha value is -2.62. The first kappa shape index (κ1) is 20.6. The van der Waals surface area contributed by atoms with Gasteiger partial charge < -0.3 is 9.97 Å². The molecule has 2 heterocycles. The Kier molecular flexibility index (Phi) is 7.54. The molecule has 0 spiro atoms. The first-order valence-electron chi connectivity index (χ1n) is 11.8. The number of benzene rings is 2. The molecule has 2 aromatic carbocycles. The van der Waals surface area contributed by atoms with Crippen LogP contribution in [-0.2, 0) is 12.8 Å². The maximum atomic E-state index is 4.66. The fourth-order valence-electron chi connectivity index (χ4n) is 4.25. The van der Waals surface area contributed by atoms with E-state index in [2.05, 4.69) is 56.3 Å². The number of aryl methyl sites for hydroxylation is 2. The molecule has 30 heavy (non-hydrogen) atoms. The molecule has 0 aliphatic carbocycles. The van der Waals surface area contributed by atoms with Gasteiger partial charge in [-0.2, -0.15) is 0 Å². The standard InChI is InChI=1S/C26H34N4/c1(3-5-7-9-19-25-27-21-15-11-12-16-22(21)28-25)2-4-6-8-10-20-26-29-23-17-13-14-18-24(23)30-26/h11-18H,1-10,19-20H2,(H,27,28)(H,29,30). The molecule has 0 saturated heterocycles. The number of H-pyrrole nitrogens is 2. The largest absolute Gasteiger partial charge is 0.342 e. The molecule has 0 atom stereocenters. The zero-order valence-corrected chi connectivity index (χ0v) is 18.0. The van der Waals surface area contributed by atoms with E-state index < -0.39 is 0 Å². The van der Waals surface area contributed by atoms with E-state index in [1.807, 2.05) is 12.1 Å². The van der Waals surface area contributed by atoms with Crippen LogP contribution in [0.25, 0.3) is 22.1 Å². The minimum Gasteiger partial charge on any atom is -0.342 e. The molecule has 0 aliphatic heterocycles. The molecule has 0 bridgehead atoms. The van der Waals surface area contributed by atoms with Crippen molar-refractivity contribution in [1.29, 1.82) is 0 Å². The summed E-state index contributed by atoms with van der Waals surface area (Å²) in [6.45, 7) is 0. The fraction of sp³-hybridized carbons (Fsp3) is 0.462. The van der Waals surface area contributed by atoms with Gasteiger partial charge in [0.25, 0.3) is 0 Å². The van der Waals surface area contributed by atoms with Crippen LogP contribution in [0.5, 0.6) is 0 Å². The predicted molar refractivity (Wildman–Crippen MR) is 126 cm³/mol. The SMILES string of the molecule is c1ccc2[nH]c(CCCCCCCCCCCCc3nc4ccccc4[nH]3)nc2c1. The van der Waals surface area contributed by atoms with Gasteiger partial charge >= 0.3 is 0 Å². The van der Waals surface area contributed by atoms with Crippen LogP contribution in [0.4, 0.5) is 0 Å². The highest BCUT2D eigenvalue weighted by Gasteiger charge is 2.03. The van der Waals surface area contributed by atoms with Crippen molar-refractivity contribution in [1.82, 2.24) is 19.9 Å². The van der Waals surface area contributed by atoms with Crippen molar-refractivity contribution < 1.29 is 0 Å². The minimum atomic E-state index is 1.07. The molecule has 0 unspecified atom stereocenters. The average molecular weight is 403 g/mol. The number of hydrogen-bond donors (Lipinski definition) is 2. The lowest BCUT2D eigenvalue weighted by atomic mass is 10.0. The molecule has 158 valence electrons. The van der Waals surface area contributed by atoms with Gasteiger partial charge in [0.1, 0.15) is 11.6 Å². The fourth-order valence-corrected chi connectivity index (χ4v) is 4.25. The van der Waals surface area contributed by atoms with Crippen LogP contribution >= 0.6 is 0 Å². The van der Waals surface area contributed by atoms with E-state index in [0.717, 1.165) is 46.6 Å². The van der Waals surface area contributed by atoms with Gasteiger partial charge in [-0.1, -0.05) is 75.6 Å². The number of aromatic nitrogens is 4. The van der Waals surface area contributed by atoms with E-state index >= 15 is 0 Å². The summed E-state index contributed by atoms with van der Waals surface area (Å²) in [5.74, 6) is 2.28. The molecule has 4 nitrogen and oxygen atoms in total. The molecule has 0 aliphatic rings. The number of unbranched alkanes of at least 4 members (excludes halogenated alkanes) is 9. The summed E-state index contributed by atoms with van der Waals surface area (Å²) in [5, 5.41) is 0. The van der Waals surface area contributed by atoms with Gasteiger partial charge in [-0.25, -0.2) is 9.97 Å². The van der Waals surface area contributed by atoms with Gasteiger partial charge in [-0.15, -0.1) is 0 Å². The van der Waals surface area contributed by atoms with E-state index in [9.17, 15) is 0 Å². The molecular formula is C26H34N4. The van der Waals surface area contributed by atoms with Crippen LogP contribution in [0.3, 0.4) is 0 Å². The number of imidazole rings is 2. The summed E-state index contributed by atoms with van der Waals surface area (Å²) in [7, 11) is 0. The Balaban J connectivity index is 0.974. The second kappa shape index (κ2) is 11.0. The van der Waals surface area contributed by atoms with Crippen molar-refractivity contribution in [2.45, 2.75) is 77.0 Å². The highest BCUT2D eigenvalue weighted by atomic mass is 14.9. The van der Waals surface area contributed by atoms with E-state index in [-0.39, 0.29) is 0 Å². The van der Waals surface area contributed by atoms with Gasteiger partial charge in [-0.3, -0.25) is 0 Å². The van der Waals surface area contributed by atoms with Crippen LogP contribution < -0.4 is 0 Å². The minimum absolute atomic E-state index is 1.07. The van der Waals surface area contributed by atoms with Gasteiger partial charge in [0.15, 0.2) is 0 Å². The number of nitrogens with zero attached hydrogens (tertiary/aromatic N) is 2. The number of fused-ring (bicyclic) bond motifs is 2. The van der Waals surface area contributed by atoms with Gasteiger partial charge in [-0.05, 0) is 37.1 Å². The zero-order chi connectivity index (χ0) is 20.4. The molecule has 0 saturated carbocycles. The Morgan fingerprint density at radius 1 is 0.467 bits per heavy atom. The monoisotopic (exact) mass is 402 g/mol. The third-order valence-electron chi connectivity index (χ3n) is 5.95. The van der Waals surface area contributed by atoms with E-state index in [1.165, 1.54) is 64.2 Å². The molecule has 2 N–H and O–H groups in total. The first-order chi connectivity index (χ1) is 14.9. The van der Waals surface area contributed by atoms with Crippen LogP contribution in [-0.4, -0.2) is 19.9 Å². The Morgan fingerprint density at radius 3 is 1.23 bits per heavy atom. The second-order valence-electron chi connectivity index (χ2n) is 8.44. The molecule has 0 radical (unpaired) electrons. The van der Waals surface area contributed by atoms with Crippen LogP contribution in [0.2, 0.25) is 0 Å². The maximum absolute atomic E-state index is 4.66. The summed E-state index contributed by atoms with van der Waals surface area (Å²) >= 11 is 0. The molecule has 2 aromatic heterocycles. The van der Waals surface area contributed by atoms with Crippen LogP contribution in [0, 0.1) is 0 Å². The second-order valence-corrected chi connectivity index (χ2v) is 8.44. The third kappa shape index (κ3) is 5.94. The summed E-state index contributed by atoms with van der Waals surface area (Å²) in [6.07, 6.45) is 15.5. The quantitative estimate of drug-likeness (QED) is 0.234. The van der Waals surface area contributed by atoms with Crippen molar-refractivity contribution in [3.8, 4) is 0 Å². The third-order valence-corrected chi connectivity index (χ3v) is 5.95. The number of rotatable bonds is 13. The molecule has 4 aromatic rings. The van der Waals surface area contributed by atoms with Gasteiger partial charge in [0, 0.05) is 12.8 Å². The summed E-state index contributed by atoms with van der Waals surface area (Å²) in [4.78, 5) is 16.2. The number of nitrogens with one attached hydrogen (secondary N) is 2. The lowest BCUT2D eigenvalue weighted by Gasteiger charge is -2.02. The zero-order valence-electron chi connectivity index (χ0n) is 18.0. The lowest BCUT2D eigenvalue weighted by molar-refractivity contribution is 0.548. The Labute approximate surface area is 179 Å². The summed E-state index contributed by atoms with van der Waals surface area (Å²) < 4.78 is 0. The van der Waals surface area contributed by atoms with Crippen LogP contribution in [0.1, 0.15) is 75.9 Å². The smallest absolute Gasteiger partial charge is 0.107 e. The number of para-hydroxylation sites is 4. The molecule has 0 amide bonds. The van der Waals surface area contributed by atoms with Crippen molar-refractivity contribution in [3.05, 3.63) is 60.2 Å². The number of hydrogen-bond acceptors (Lipinski definition) is 2. The van der Waals surface area contributed by atoms with Crippen molar-refractivity contribution in [2.24, 2.45) is 0 Å². The summed E-state index contributed by atoms with van der Waals surface area (Å²) in [6, 6.07) is 16.6. The van der Waals surface area contributed by atoms with Gasteiger partial charge in [0.05, 0.1) is 22.1 Å². The Morgan fingerprint density at radius 2 is 0.833 bits per heavy atom. The number of aromatic amines is 2. The van der Waals surface area contributed by atoms with Crippen molar-refractivity contribution >= 4 is 22.1 Å². The average Bonchev–Trinajstić information content (AvgIpc) is 3.37. The first-order valence-corrected chi connectivity index (χ1v) is 11.8. The van der Waals surface area contributed by atoms with Crippen molar-refractivity contribution in [3.63, 3.8) is 0 Å². The highest BCUT2D eigenvalue weighted by molar-refractivity contribution is 5.75. The highest BCUT2D eigenvalue weighted by Crippen LogP contribution is 2.16. The molecule has 4 rings (SSSR count). The molecular weight excluding hydrogens is 368 g/mol. The predicted octanol–water partition coefficient (Wildman–Crippen LogP) is 7.13. The van der Waals surface area contributed by atoms with Crippen LogP contribution in [0.15, 0.2) is 48.5 Å². The van der Waals surface area contributed by atoms with Crippen molar-refractivity contribution in [2.75, 3.05) is 0 Å². The Bertz CT molecular complexity index is 880. The van der Waals surface area contributed by atoms with Gasteiger partial charge in [0.2, 0.25) is 0 Å².